The molecule has 50 heavy (non-hydrogen) atoms. The van der Waals surface area contributed by atoms with Crippen molar-refractivity contribution in [2.75, 3.05) is 48.7 Å². The number of aromatic nitrogens is 2. The minimum absolute atomic E-state index is 0.0571. The van der Waals surface area contributed by atoms with Crippen LogP contribution >= 0.6 is 0 Å². The Balaban J connectivity index is 1.28. The molecule has 1 aromatic heterocycles. The Labute approximate surface area is 288 Å². The number of hydrogen-bond acceptors (Lipinski definition) is 8. The van der Waals surface area contributed by atoms with Crippen molar-refractivity contribution in [2.24, 2.45) is 0 Å². The van der Waals surface area contributed by atoms with Crippen LogP contribution in [0.25, 0.3) is 0 Å². The Hall–Kier alpha value is -3.89. The van der Waals surface area contributed by atoms with E-state index < -0.39 is 51.5 Å². The molecule has 2 aromatic carbocycles. The number of sulfonamides is 1. The molecule has 1 aliphatic carbocycles. The molecule has 1 saturated carbocycles. The van der Waals surface area contributed by atoms with Crippen LogP contribution in [-0.2, 0) is 32.5 Å². The fourth-order valence-electron chi connectivity index (χ4n) is 7.39. The monoisotopic (exact) mass is 721 g/mol. The molecule has 2 fully saturated rings. The number of rotatable bonds is 9. The van der Waals surface area contributed by atoms with Crippen LogP contribution in [0.2, 0.25) is 0 Å². The van der Waals surface area contributed by atoms with Crippen molar-refractivity contribution < 1.29 is 35.2 Å². The maximum Gasteiger partial charge on any atom is 0.401 e. The number of carbonyl (C=O) groups is 1. The highest BCUT2D eigenvalue weighted by molar-refractivity contribution is 7.91. The van der Waals surface area contributed by atoms with Gasteiger partial charge in [0.15, 0.2) is 0 Å². The number of benzene rings is 2. The summed E-state index contributed by atoms with van der Waals surface area (Å²) >= 11 is 0. The molecule has 2 N–H and O–H groups in total. The zero-order chi connectivity index (χ0) is 35.8. The number of nitrogens with zero attached hydrogens (tertiary/aromatic N) is 5. The van der Waals surface area contributed by atoms with Crippen LogP contribution in [0.1, 0.15) is 55.3 Å². The van der Waals surface area contributed by atoms with E-state index in [1.54, 1.807) is 6.20 Å². The minimum atomic E-state index is -4.48. The summed E-state index contributed by atoms with van der Waals surface area (Å²) in [6.45, 7) is -1.33. The van der Waals surface area contributed by atoms with Gasteiger partial charge in [0, 0.05) is 36.1 Å². The van der Waals surface area contributed by atoms with Gasteiger partial charge in [-0.05, 0) is 95.1 Å². The summed E-state index contributed by atoms with van der Waals surface area (Å²) in [6, 6.07) is 9.03. The van der Waals surface area contributed by atoms with Gasteiger partial charge in [-0.2, -0.15) is 13.2 Å². The average molecular weight is 722 g/mol. The lowest BCUT2D eigenvalue weighted by atomic mass is 9.72. The molecular formula is C34H40F5N7O3S. The summed E-state index contributed by atoms with van der Waals surface area (Å²) in [5.41, 5.74) is -0.510. The van der Waals surface area contributed by atoms with E-state index in [4.69, 9.17) is 4.98 Å². The SMILES string of the molecule is CN(C)C1CCC(Nc2ncc3c(n2)C2(CCCN(CC(F)(F)F)C2)C(=O)N(c2ccc(NS(=O)(=O)Cc4ccc(F)cc4)c(F)c2)C3)CC1. The molecule has 3 aromatic rings. The number of amides is 1. The highest BCUT2D eigenvalue weighted by Gasteiger charge is 2.52. The number of likely N-dealkylation sites (tertiary alicyclic amines) is 1. The number of nitrogens with one attached hydrogen (secondary N) is 2. The van der Waals surface area contributed by atoms with Crippen LogP contribution in [0.5, 0.6) is 0 Å². The Bertz CT molecular complexity index is 1820. The van der Waals surface area contributed by atoms with Gasteiger partial charge in [-0.1, -0.05) is 12.1 Å². The third-order valence-corrected chi connectivity index (χ3v) is 11.1. The van der Waals surface area contributed by atoms with Crippen LogP contribution < -0.4 is 14.9 Å². The lowest BCUT2D eigenvalue weighted by Gasteiger charge is -2.47. The van der Waals surface area contributed by atoms with Crippen molar-refractivity contribution in [1.82, 2.24) is 19.8 Å². The Morgan fingerprint density at radius 1 is 1.04 bits per heavy atom. The molecule has 1 spiro atoms. The molecule has 10 nitrogen and oxygen atoms in total. The number of fused-ring (bicyclic) bond motifs is 2. The van der Waals surface area contributed by atoms with Crippen molar-refractivity contribution in [3.63, 3.8) is 0 Å². The number of piperidine rings is 1. The predicted molar refractivity (Wildman–Crippen MR) is 179 cm³/mol. The second kappa shape index (κ2) is 14.0. The zero-order valence-electron chi connectivity index (χ0n) is 27.8. The molecule has 2 aliphatic heterocycles. The summed E-state index contributed by atoms with van der Waals surface area (Å²) in [4.78, 5) is 28.5. The van der Waals surface area contributed by atoms with E-state index in [1.807, 2.05) is 0 Å². The molecule has 1 amide bonds. The normalized spacial score (nSPS) is 23.3. The first-order valence-electron chi connectivity index (χ1n) is 16.6. The van der Waals surface area contributed by atoms with Gasteiger partial charge in [0.05, 0.1) is 30.2 Å². The number of anilines is 3. The second-order valence-electron chi connectivity index (χ2n) is 13.7. The maximum absolute atomic E-state index is 15.5. The molecule has 1 saturated heterocycles. The van der Waals surface area contributed by atoms with Crippen molar-refractivity contribution >= 4 is 33.3 Å². The molecule has 0 radical (unpaired) electrons. The van der Waals surface area contributed by atoms with E-state index in [2.05, 4.69) is 34.0 Å². The van der Waals surface area contributed by atoms with Gasteiger partial charge < -0.3 is 15.1 Å². The third-order valence-electron chi connectivity index (χ3n) is 9.84. The summed E-state index contributed by atoms with van der Waals surface area (Å²) in [7, 11) is 0.0179. The molecule has 16 heteroatoms. The summed E-state index contributed by atoms with van der Waals surface area (Å²) in [5.74, 6) is -2.22. The van der Waals surface area contributed by atoms with Gasteiger partial charge in [-0.25, -0.2) is 27.2 Å². The topological polar surface area (TPSA) is 111 Å². The minimum Gasteiger partial charge on any atom is -0.351 e. The largest absolute Gasteiger partial charge is 0.401 e. The maximum atomic E-state index is 15.5. The van der Waals surface area contributed by atoms with E-state index in [-0.39, 0.29) is 43.5 Å². The molecule has 6 rings (SSSR count). The molecule has 0 bridgehead atoms. The standard InChI is InChI=1S/C34H40F5N7O3S/c1-44(2)26-10-8-25(9-11-26)41-32-40-17-23-18-46(31(47)33(30(23)42-32)14-3-15-45(20-33)21-34(37,38)39)27-12-13-29(28(36)16-27)43-50(48,49)19-22-4-6-24(35)7-5-22/h4-7,12-13,16-17,25-26,43H,3,8-11,14-15,18-21H2,1-2H3,(H,40,41,42). The van der Waals surface area contributed by atoms with Crippen molar-refractivity contribution in [1.29, 1.82) is 0 Å². The Morgan fingerprint density at radius 2 is 1.76 bits per heavy atom. The molecule has 270 valence electrons. The van der Waals surface area contributed by atoms with Crippen LogP contribution in [0.4, 0.5) is 39.3 Å². The first kappa shape index (κ1) is 35.9. The second-order valence-corrected chi connectivity index (χ2v) is 15.5. The van der Waals surface area contributed by atoms with Crippen molar-refractivity contribution in [3.8, 4) is 0 Å². The molecular weight excluding hydrogens is 681 g/mol. The number of halogens is 5. The van der Waals surface area contributed by atoms with E-state index in [0.717, 1.165) is 43.9 Å². The Morgan fingerprint density at radius 3 is 2.42 bits per heavy atom. The molecule has 1 atom stereocenters. The average Bonchev–Trinajstić information content (AvgIpc) is 3.05. The van der Waals surface area contributed by atoms with E-state index in [1.165, 1.54) is 34.1 Å². The van der Waals surface area contributed by atoms with Crippen molar-refractivity contribution in [2.45, 2.75) is 74.5 Å². The fourth-order valence-corrected chi connectivity index (χ4v) is 8.60. The quantitative estimate of drug-likeness (QED) is 0.282. The summed E-state index contributed by atoms with van der Waals surface area (Å²) < 4.78 is 97.2. The number of alkyl halides is 3. The van der Waals surface area contributed by atoms with Gasteiger partial charge >= 0.3 is 6.18 Å². The van der Waals surface area contributed by atoms with Gasteiger partial charge in [0.1, 0.15) is 17.0 Å². The third kappa shape index (κ3) is 8.02. The Kier molecular flexibility index (Phi) is 10.1. The van der Waals surface area contributed by atoms with E-state index in [0.29, 0.717) is 35.2 Å². The lowest BCUT2D eigenvalue weighted by molar-refractivity contribution is -0.153. The molecule has 1 unspecified atom stereocenters. The van der Waals surface area contributed by atoms with Gasteiger partial charge in [0.25, 0.3) is 0 Å². The summed E-state index contributed by atoms with van der Waals surface area (Å²) in [5, 5.41) is 3.39. The van der Waals surface area contributed by atoms with Crippen LogP contribution in [0.15, 0.2) is 48.7 Å². The fraction of sp³-hybridized carbons (Fsp3) is 0.500. The van der Waals surface area contributed by atoms with Crippen LogP contribution in [0, 0.1) is 11.6 Å². The van der Waals surface area contributed by atoms with Crippen LogP contribution in [0.3, 0.4) is 0 Å². The number of hydrogen-bond donors (Lipinski definition) is 2. The van der Waals surface area contributed by atoms with Gasteiger partial charge in [0.2, 0.25) is 21.9 Å². The van der Waals surface area contributed by atoms with Crippen molar-refractivity contribution in [3.05, 3.63) is 77.1 Å². The predicted octanol–water partition coefficient (Wildman–Crippen LogP) is 5.42. The number of carbonyl (C=O) groups excluding carboxylic acids is 1. The lowest BCUT2D eigenvalue weighted by Crippen LogP contribution is -2.60. The highest BCUT2D eigenvalue weighted by atomic mass is 32.2. The highest BCUT2D eigenvalue weighted by Crippen LogP contribution is 2.43. The van der Waals surface area contributed by atoms with Crippen LogP contribution in [-0.4, -0.2) is 86.1 Å². The molecule has 3 aliphatic rings. The molecule has 3 heterocycles. The van der Waals surface area contributed by atoms with E-state index in [9.17, 15) is 30.8 Å². The smallest absolute Gasteiger partial charge is 0.351 e. The van der Waals surface area contributed by atoms with E-state index >= 15 is 4.39 Å². The van der Waals surface area contributed by atoms with Gasteiger partial charge in [-0.3, -0.25) is 14.4 Å². The first-order chi connectivity index (χ1) is 23.6. The van der Waals surface area contributed by atoms with Gasteiger partial charge in [-0.15, -0.1) is 0 Å². The summed E-state index contributed by atoms with van der Waals surface area (Å²) in [6.07, 6.45) is 1.40. The zero-order valence-corrected chi connectivity index (χ0v) is 28.6. The first-order valence-corrected chi connectivity index (χ1v) is 18.2.